The molecule has 0 spiro atoms. The maximum atomic E-state index is 5.91. The molecule has 7 rings (SSSR count). The average molecular weight is 402 g/mol. The number of hydrogen-bond acceptors (Lipinski definition) is 3. The van der Waals surface area contributed by atoms with Crippen LogP contribution in [0.25, 0.3) is 0 Å². The van der Waals surface area contributed by atoms with Gasteiger partial charge >= 0.3 is 0 Å². The maximum absolute atomic E-state index is 5.91. The van der Waals surface area contributed by atoms with Crippen LogP contribution >= 0.6 is 22.7 Å². The number of nitrogens with zero attached hydrogens (tertiary/aromatic N) is 1. The molecule has 4 heteroatoms. The van der Waals surface area contributed by atoms with Gasteiger partial charge in [-0.05, 0) is 29.0 Å². The summed E-state index contributed by atoms with van der Waals surface area (Å²) >= 11 is 3.77. The molecule has 2 nitrogen and oxygen atoms in total. The molecule has 0 fully saturated rings. The third-order valence-corrected chi connectivity index (χ3v) is 8.55. The zero-order valence-corrected chi connectivity index (χ0v) is 17.2. The van der Waals surface area contributed by atoms with Gasteiger partial charge in [-0.3, -0.25) is 0 Å². The Hall–Kier alpha value is -2.43. The quantitative estimate of drug-likeness (QED) is 0.411. The topological polar surface area (TPSA) is 13.1 Å². The monoisotopic (exact) mass is 401 g/mol. The second-order valence-electron chi connectivity index (χ2n) is 7.57. The second-order valence-corrected chi connectivity index (χ2v) is 9.47. The predicted molar refractivity (Wildman–Crippen MR) is 114 cm³/mol. The number of pyridine rings is 1. The minimum absolute atomic E-state index is 0.0456. The number of hydrogen-bond donors (Lipinski definition) is 0. The van der Waals surface area contributed by atoms with Gasteiger partial charge in [-0.15, -0.1) is 22.7 Å². The van der Waals surface area contributed by atoms with Crippen LogP contribution in [0, 0.1) is 0 Å². The smallest absolute Gasteiger partial charge is 0.190 e. The fourth-order valence-corrected chi connectivity index (χ4v) is 7.47. The highest BCUT2D eigenvalue weighted by Crippen LogP contribution is 2.62. The molecule has 0 N–H and O–H groups in total. The van der Waals surface area contributed by atoms with Crippen LogP contribution in [-0.2, 0) is 5.41 Å². The molecule has 138 valence electrons. The first-order chi connectivity index (χ1) is 13.8. The first kappa shape index (κ1) is 16.5. The summed E-state index contributed by atoms with van der Waals surface area (Å²) in [6.45, 7) is 0. The van der Waals surface area contributed by atoms with E-state index in [1.807, 2.05) is 22.7 Å². The maximum Gasteiger partial charge on any atom is 0.190 e. The van der Waals surface area contributed by atoms with E-state index in [1.54, 1.807) is 7.11 Å². The van der Waals surface area contributed by atoms with Crippen LogP contribution in [0.15, 0.2) is 77.6 Å². The molecule has 5 heterocycles. The van der Waals surface area contributed by atoms with Crippen LogP contribution in [0.2, 0.25) is 0 Å². The molecule has 3 aromatic heterocycles. The largest absolute Gasteiger partial charge is 0.496 e. The van der Waals surface area contributed by atoms with E-state index >= 15 is 0 Å². The van der Waals surface area contributed by atoms with Gasteiger partial charge in [-0.2, -0.15) is 4.57 Å². The molecule has 1 aliphatic carbocycles. The van der Waals surface area contributed by atoms with Crippen LogP contribution in [0.5, 0.6) is 5.75 Å². The van der Waals surface area contributed by atoms with Gasteiger partial charge in [0.15, 0.2) is 17.9 Å². The molecule has 28 heavy (non-hydrogen) atoms. The van der Waals surface area contributed by atoms with Gasteiger partial charge in [0.05, 0.1) is 18.4 Å². The van der Waals surface area contributed by atoms with E-state index in [4.69, 9.17) is 4.74 Å². The summed E-state index contributed by atoms with van der Waals surface area (Å²) in [5.74, 6) is 1.25. The lowest BCUT2D eigenvalue weighted by Crippen LogP contribution is -2.59. The Morgan fingerprint density at radius 3 is 2.39 bits per heavy atom. The molecule has 4 aromatic rings. The summed E-state index contributed by atoms with van der Waals surface area (Å²) in [7, 11) is 1.80. The van der Waals surface area contributed by atoms with Gasteiger partial charge in [0.1, 0.15) is 5.75 Å². The predicted octanol–water partition coefficient (Wildman–Crippen LogP) is 5.53. The molecule has 2 atom stereocenters. The fourth-order valence-electron chi connectivity index (χ4n) is 5.44. The second kappa shape index (κ2) is 6.03. The minimum atomic E-state index is -0.0456. The first-order valence-corrected chi connectivity index (χ1v) is 11.4. The fraction of sp³-hybridized carbons (Fsp3) is 0.208. The van der Waals surface area contributed by atoms with E-state index in [0.717, 1.165) is 12.2 Å². The molecule has 0 saturated carbocycles. The number of ether oxygens (including phenoxy) is 1. The van der Waals surface area contributed by atoms with Crippen LogP contribution < -0.4 is 9.30 Å². The van der Waals surface area contributed by atoms with Gasteiger partial charge in [0, 0.05) is 39.4 Å². The third-order valence-electron chi connectivity index (χ3n) is 6.45. The lowest BCUT2D eigenvalue weighted by atomic mass is 9.57. The Morgan fingerprint density at radius 1 is 0.929 bits per heavy atom. The zero-order chi connectivity index (χ0) is 18.7. The van der Waals surface area contributed by atoms with Crippen molar-refractivity contribution < 1.29 is 9.30 Å². The third kappa shape index (κ3) is 2.00. The van der Waals surface area contributed by atoms with E-state index in [0.29, 0.717) is 6.04 Å². The number of aromatic nitrogens is 1. The SMILES string of the molecule is [11CH3]Oc1cccc2c1[C@@H]1c3cccc[n+]3[C@H]2CC1(c1cccs1)c1cccs1. The van der Waals surface area contributed by atoms with Crippen molar-refractivity contribution in [2.75, 3.05) is 7.11 Å². The van der Waals surface area contributed by atoms with Crippen molar-refractivity contribution in [3.05, 3.63) is 104 Å². The molecule has 0 amide bonds. The number of benzene rings is 1. The highest BCUT2D eigenvalue weighted by Gasteiger charge is 2.61. The average Bonchev–Trinajstić information content (AvgIpc) is 3.48. The van der Waals surface area contributed by atoms with Crippen molar-refractivity contribution >= 4 is 22.7 Å². The molecule has 0 saturated heterocycles. The van der Waals surface area contributed by atoms with Crippen LogP contribution in [0.4, 0.5) is 0 Å². The molecule has 1 aromatic carbocycles. The highest BCUT2D eigenvalue weighted by molar-refractivity contribution is 7.11. The Bertz CT molecular complexity index is 1110. The lowest BCUT2D eigenvalue weighted by Gasteiger charge is -2.48. The summed E-state index contributed by atoms with van der Waals surface area (Å²) in [5, 5.41) is 4.43. The Morgan fingerprint density at radius 2 is 1.71 bits per heavy atom. The Balaban J connectivity index is 1.74. The zero-order valence-electron chi connectivity index (χ0n) is 15.5. The van der Waals surface area contributed by atoms with Gasteiger partial charge in [0.2, 0.25) is 0 Å². The van der Waals surface area contributed by atoms with Gasteiger partial charge in [0.25, 0.3) is 0 Å². The van der Waals surface area contributed by atoms with E-state index in [9.17, 15) is 0 Å². The number of methoxy groups -OCH3 is 1. The van der Waals surface area contributed by atoms with E-state index < -0.39 is 0 Å². The van der Waals surface area contributed by atoms with Gasteiger partial charge < -0.3 is 4.74 Å². The summed E-state index contributed by atoms with van der Waals surface area (Å²) in [4.78, 5) is 2.91. The van der Waals surface area contributed by atoms with Crippen molar-refractivity contribution in [1.29, 1.82) is 0 Å². The van der Waals surface area contributed by atoms with E-state index in [2.05, 4.69) is 82.2 Å². The molecule has 3 aliphatic rings. The van der Waals surface area contributed by atoms with Crippen molar-refractivity contribution in [2.24, 2.45) is 0 Å². The molecular weight excluding hydrogens is 381 g/mol. The van der Waals surface area contributed by atoms with Crippen LogP contribution in [-0.4, -0.2) is 7.11 Å². The standard InChI is InChI=1S/C24H20NOS2/c1-26-19-9-4-7-16-18-15-24(20-10-5-13-27-20,21-11-6-14-28-21)23(22(16)19)17-8-2-3-12-25(17)18/h2-14,18,23H,15H2,1H3/q+1/t18-,23-/m0/s1/i1-1. The number of rotatable bonds is 3. The van der Waals surface area contributed by atoms with Gasteiger partial charge in [-0.1, -0.05) is 30.3 Å². The highest BCUT2D eigenvalue weighted by atomic mass is 32.1. The number of thiophene rings is 2. The first-order valence-electron chi connectivity index (χ1n) is 9.59. The van der Waals surface area contributed by atoms with Crippen molar-refractivity contribution in [3.63, 3.8) is 0 Å². The van der Waals surface area contributed by atoms with Crippen LogP contribution in [0.3, 0.4) is 0 Å². The summed E-state index contributed by atoms with van der Waals surface area (Å²) in [5.41, 5.74) is 4.12. The molecule has 2 aliphatic heterocycles. The molecule has 2 bridgehead atoms. The summed E-state index contributed by atoms with van der Waals surface area (Å²) in [6.07, 6.45) is 3.34. The van der Waals surface area contributed by atoms with Gasteiger partial charge in [-0.25, -0.2) is 0 Å². The Kier molecular flexibility index (Phi) is 3.56. The minimum Gasteiger partial charge on any atom is -0.496 e. The summed E-state index contributed by atoms with van der Waals surface area (Å²) < 4.78 is 8.40. The van der Waals surface area contributed by atoms with Crippen LogP contribution in [0.1, 0.15) is 45.0 Å². The Labute approximate surface area is 172 Å². The normalized spacial score (nSPS) is 21.2. The van der Waals surface area contributed by atoms with E-state index in [-0.39, 0.29) is 11.3 Å². The molecule has 0 unspecified atom stereocenters. The number of fused-ring (bicyclic) bond motifs is 1. The van der Waals surface area contributed by atoms with E-state index in [1.165, 1.54) is 26.6 Å². The van der Waals surface area contributed by atoms with Crippen molar-refractivity contribution in [2.45, 2.75) is 23.8 Å². The van der Waals surface area contributed by atoms with Crippen molar-refractivity contribution in [1.82, 2.24) is 0 Å². The lowest BCUT2D eigenvalue weighted by molar-refractivity contribution is -0.732. The summed E-state index contributed by atoms with van der Waals surface area (Å²) in [6, 6.07) is 22.6. The van der Waals surface area contributed by atoms with Crippen molar-refractivity contribution in [3.8, 4) is 5.75 Å². The molecular formula is C24H20NOS2+. The molecule has 0 radical (unpaired) electrons.